The molecule has 4 rings (SSSR count). The Hall–Kier alpha value is -2.47. The lowest BCUT2D eigenvalue weighted by Gasteiger charge is -2.35. The van der Waals surface area contributed by atoms with Gasteiger partial charge in [-0.25, -0.2) is 4.21 Å². The minimum absolute atomic E-state index is 0.152. The van der Waals surface area contributed by atoms with Gasteiger partial charge in [0.25, 0.3) is 0 Å². The van der Waals surface area contributed by atoms with Crippen molar-refractivity contribution in [1.82, 2.24) is 4.90 Å². The van der Waals surface area contributed by atoms with Crippen LogP contribution in [0.25, 0.3) is 0 Å². The summed E-state index contributed by atoms with van der Waals surface area (Å²) >= 11 is 0. The van der Waals surface area contributed by atoms with Crippen molar-refractivity contribution in [2.24, 2.45) is 0 Å². The topological polar surface area (TPSA) is 43.8 Å². The van der Waals surface area contributed by atoms with Gasteiger partial charge < -0.3 is 10.0 Å². The van der Waals surface area contributed by atoms with Gasteiger partial charge in [-0.2, -0.15) is 0 Å². The van der Waals surface area contributed by atoms with E-state index in [4.69, 9.17) is 0 Å². The van der Waals surface area contributed by atoms with Gasteiger partial charge in [-0.1, -0.05) is 48.5 Å². The number of anilines is 2. The molecule has 1 heterocycles. The van der Waals surface area contributed by atoms with E-state index in [-0.39, 0.29) is 6.61 Å². The summed E-state index contributed by atoms with van der Waals surface area (Å²) in [6.45, 7) is 7.60. The van der Waals surface area contributed by atoms with Crippen LogP contribution in [0.3, 0.4) is 0 Å². The summed E-state index contributed by atoms with van der Waals surface area (Å²) in [4.78, 5) is 6.43. The molecule has 162 valence electrons. The SMILES string of the molecule is Cc1ccc2c(c1C)N(CCCN(CCO)Cc1ccccc1)c1ccccc1S2=O. The lowest BCUT2D eigenvalue weighted by atomic mass is 10.1. The zero-order valence-corrected chi connectivity index (χ0v) is 19.1. The van der Waals surface area contributed by atoms with Gasteiger partial charge in [-0.3, -0.25) is 4.90 Å². The number of aliphatic hydroxyl groups excluding tert-OH is 1. The van der Waals surface area contributed by atoms with Crippen molar-refractivity contribution < 1.29 is 9.32 Å². The highest BCUT2D eigenvalue weighted by atomic mass is 32.2. The van der Waals surface area contributed by atoms with Crippen LogP contribution < -0.4 is 4.90 Å². The Morgan fingerprint density at radius 3 is 2.42 bits per heavy atom. The van der Waals surface area contributed by atoms with E-state index in [1.54, 1.807) is 0 Å². The van der Waals surface area contributed by atoms with Gasteiger partial charge in [0.2, 0.25) is 0 Å². The largest absolute Gasteiger partial charge is 0.395 e. The van der Waals surface area contributed by atoms with Gasteiger partial charge >= 0.3 is 0 Å². The molecule has 0 bridgehead atoms. The monoisotopic (exact) mass is 434 g/mol. The number of benzene rings is 3. The molecule has 0 spiro atoms. The number of fused-ring (bicyclic) bond motifs is 2. The Labute approximate surface area is 187 Å². The molecular formula is C26H30N2O2S. The van der Waals surface area contributed by atoms with Crippen molar-refractivity contribution in [2.45, 2.75) is 36.6 Å². The molecule has 0 amide bonds. The molecule has 1 atom stereocenters. The number of hydrogen-bond acceptors (Lipinski definition) is 4. The molecule has 0 aliphatic carbocycles. The second-order valence-corrected chi connectivity index (χ2v) is 9.50. The highest BCUT2D eigenvalue weighted by Crippen LogP contribution is 2.44. The maximum Gasteiger partial charge on any atom is 0.0892 e. The van der Waals surface area contributed by atoms with Crippen LogP contribution in [0.5, 0.6) is 0 Å². The van der Waals surface area contributed by atoms with Crippen LogP contribution in [0.4, 0.5) is 11.4 Å². The average Bonchev–Trinajstić information content (AvgIpc) is 2.79. The standard InChI is InChI=1S/C26H30N2O2S/c1-20-13-14-25-26(21(20)2)28(23-11-6-7-12-24(23)31(25)30)16-8-15-27(17-18-29)19-22-9-4-3-5-10-22/h3-7,9-14,29H,8,15-19H2,1-2H3. The fourth-order valence-corrected chi connectivity index (χ4v) is 5.71. The molecule has 4 nitrogen and oxygen atoms in total. The van der Waals surface area contributed by atoms with Crippen LogP contribution in [0.1, 0.15) is 23.1 Å². The summed E-state index contributed by atoms with van der Waals surface area (Å²) < 4.78 is 13.2. The van der Waals surface area contributed by atoms with Crippen LogP contribution in [0.15, 0.2) is 76.5 Å². The summed E-state index contributed by atoms with van der Waals surface area (Å²) in [5.74, 6) is 0. The van der Waals surface area contributed by atoms with E-state index in [0.29, 0.717) is 6.54 Å². The lowest BCUT2D eigenvalue weighted by molar-refractivity contribution is 0.189. The van der Waals surface area contributed by atoms with Gasteiger partial charge in [0.05, 0.1) is 38.6 Å². The van der Waals surface area contributed by atoms with Crippen molar-refractivity contribution in [3.8, 4) is 0 Å². The van der Waals surface area contributed by atoms with Gasteiger partial charge in [0.15, 0.2) is 0 Å². The number of aryl methyl sites for hydroxylation is 1. The Bertz CT molecular complexity index is 1070. The molecule has 1 aliphatic heterocycles. The minimum atomic E-state index is -1.16. The van der Waals surface area contributed by atoms with Gasteiger partial charge in [0, 0.05) is 26.2 Å². The lowest BCUT2D eigenvalue weighted by Crippen LogP contribution is -2.32. The Balaban J connectivity index is 1.56. The first-order valence-electron chi connectivity index (χ1n) is 10.9. The molecule has 0 aromatic heterocycles. The van der Waals surface area contributed by atoms with Crippen molar-refractivity contribution in [2.75, 3.05) is 31.1 Å². The van der Waals surface area contributed by atoms with Crippen LogP contribution in [0, 0.1) is 13.8 Å². The van der Waals surface area contributed by atoms with Crippen molar-refractivity contribution in [3.63, 3.8) is 0 Å². The van der Waals surface area contributed by atoms with Gasteiger partial charge in [0.1, 0.15) is 0 Å². The second kappa shape index (κ2) is 9.77. The quantitative estimate of drug-likeness (QED) is 0.553. The Morgan fingerprint density at radius 1 is 0.903 bits per heavy atom. The van der Waals surface area contributed by atoms with Gasteiger partial charge in [-0.05, 0) is 55.2 Å². The average molecular weight is 435 g/mol. The predicted octanol–water partition coefficient (Wildman–Crippen LogP) is 4.81. The highest BCUT2D eigenvalue weighted by Gasteiger charge is 2.29. The maximum atomic E-state index is 13.2. The molecule has 3 aromatic rings. The van der Waals surface area contributed by atoms with E-state index in [1.807, 2.05) is 30.3 Å². The third-order valence-corrected chi connectivity index (χ3v) is 7.49. The number of hydrogen-bond donors (Lipinski definition) is 1. The smallest absolute Gasteiger partial charge is 0.0892 e. The first kappa shape index (κ1) is 21.8. The van der Waals surface area contributed by atoms with Crippen molar-refractivity contribution >= 4 is 22.2 Å². The van der Waals surface area contributed by atoms with E-state index >= 15 is 0 Å². The van der Waals surface area contributed by atoms with E-state index in [1.165, 1.54) is 16.7 Å². The molecule has 5 heteroatoms. The van der Waals surface area contributed by atoms with E-state index < -0.39 is 10.8 Å². The summed E-state index contributed by atoms with van der Waals surface area (Å²) in [5, 5.41) is 9.53. The molecule has 0 fully saturated rings. The zero-order chi connectivity index (χ0) is 21.8. The van der Waals surface area contributed by atoms with Crippen LogP contribution in [-0.2, 0) is 17.3 Å². The third kappa shape index (κ3) is 4.59. The van der Waals surface area contributed by atoms with Crippen molar-refractivity contribution in [1.29, 1.82) is 0 Å². The fourth-order valence-electron chi connectivity index (χ4n) is 4.27. The van der Waals surface area contributed by atoms with Crippen LogP contribution >= 0.6 is 0 Å². The summed E-state index contributed by atoms with van der Waals surface area (Å²) in [5.41, 5.74) is 5.79. The van der Waals surface area contributed by atoms with Crippen LogP contribution in [0.2, 0.25) is 0 Å². The van der Waals surface area contributed by atoms with E-state index in [2.05, 4.69) is 60.0 Å². The molecule has 0 radical (unpaired) electrons. The highest BCUT2D eigenvalue weighted by molar-refractivity contribution is 7.85. The number of para-hydroxylation sites is 1. The molecule has 0 saturated heterocycles. The minimum Gasteiger partial charge on any atom is -0.395 e. The van der Waals surface area contributed by atoms with Crippen molar-refractivity contribution in [3.05, 3.63) is 83.4 Å². The summed E-state index contributed by atoms with van der Waals surface area (Å²) in [6, 6.07) is 22.5. The molecule has 1 unspecified atom stereocenters. The van der Waals surface area contributed by atoms with Crippen LogP contribution in [-0.4, -0.2) is 40.5 Å². The first-order chi connectivity index (χ1) is 15.1. The Morgan fingerprint density at radius 2 is 1.65 bits per heavy atom. The molecule has 1 aliphatic rings. The maximum absolute atomic E-state index is 13.2. The van der Waals surface area contributed by atoms with E-state index in [9.17, 15) is 9.32 Å². The fraction of sp³-hybridized carbons (Fsp3) is 0.308. The normalized spacial score (nSPS) is 15.1. The predicted molar refractivity (Wildman–Crippen MR) is 127 cm³/mol. The first-order valence-corrected chi connectivity index (χ1v) is 12.0. The number of nitrogens with zero attached hydrogens (tertiary/aromatic N) is 2. The van der Waals surface area contributed by atoms with E-state index in [0.717, 1.165) is 47.2 Å². The third-order valence-electron chi connectivity index (χ3n) is 6.01. The Kier molecular flexibility index (Phi) is 6.86. The molecule has 1 N–H and O–H groups in total. The number of aliphatic hydroxyl groups is 1. The van der Waals surface area contributed by atoms with Gasteiger partial charge in [-0.15, -0.1) is 0 Å². The molecular weight excluding hydrogens is 404 g/mol. The number of rotatable bonds is 8. The molecule has 3 aromatic carbocycles. The molecule has 31 heavy (non-hydrogen) atoms. The second-order valence-electron chi connectivity index (χ2n) is 8.08. The summed E-state index contributed by atoms with van der Waals surface area (Å²) in [6.07, 6.45) is 0.945. The zero-order valence-electron chi connectivity index (χ0n) is 18.3. The summed E-state index contributed by atoms with van der Waals surface area (Å²) in [7, 11) is -1.16. The molecule has 0 saturated carbocycles.